The first-order valence-corrected chi connectivity index (χ1v) is 7.68. The number of hydrogen-bond donors (Lipinski definition) is 1. The molecule has 0 saturated heterocycles. The van der Waals surface area contributed by atoms with Gasteiger partial charge in [-0.15, -0.1) is 0 Å². The standard InChI is InChI=1S/C18H19N3O2/c1-2-11-20-15-5-3-4-6-16(15)21(18(20)23)12-13-7-9-14(10-8-13)17(19)22/h3-10H,2,11-12H2,1H3,(H2,19,22). The van der Waals surface area contributed by atoms with Gasteiger partial charge in [0.2, 0.25) is 5.91 Å². The van der Waals surface area contributed by atoms with Gasteiger partial charge in [-0.3, -0.25) is 13.9 Å². The van der Waals surface area contributed by atoms with Crippen LogP contribution in [0.15, 0.2) is 53.3 Å². The molecule has 5 heteroatoms. The van der Waals surface area contributed by atoms with Crippen molar-refractivity contribution >= 4 is 16.9 Å². The highest BCUT2D eigenvalue weighted by Gasteiger charge is 2.12. The molecule has 5 nitrogen and oxygen atoms in total. The number of hydrogen-bond acceptors (Lipinski definition) is 2. The molecule has 0 aliphatic rings. The van der Waals surface area contributed by atoms with E-state index in [1.54, 1.807) is 16.7 Å². The Hall–Kier alpha value is -2.82. The van der Waals surface area contributed by atoms with Crippen LogP contribution in [0.1, 0.15) is 29.3 Å². The first kappa shape index (κ1) is 15.1. The fourth-order valence-corrected chi connectivity index (χ4v) is 2.82. The number of para-hydroxylation sites is 2. The van der Waals surface area contributed by atoms with Gasteiger partial charge in [0.15, 0.2) is 0 Å². The third kappa shape index (κ3) is 2.77. The van der Waals surface area contributed by atoms with Gasteiger partial charge >= 0.3 is 5.69 Å². The van der Waals surface area contributed by atoms with Crippen molar-refractivity contribution in [3.63, 3.8) is 0 Å². The van der Waals surface area contributed by atoms with E-state index in [2.05, 4.69) is 6.92 Å². The van der Waals surface area contributed by atoms with Crippen LogP contribution in [0.2, 0.25) is 0 Å². The largest absolute Gasteiger partial charge is 0.366 e. The molecule has 1 heterocycles. The molecule has 2 aromatic carbocycles. The summed E-state index contributed by atoms with van der Waals surface area (Å²) >= 11 is 0. The van der Waals surface area contributed by atoms with Crippen LogP contribution in [-0.2, 0) is 13.1 Å². The number of primary amides is 1. The summed E-state index contributed by atoms with van der Waals surface area (Å²) in [6, 6.07) is 14.9. The number of aromatic nitrogens is 2. The van der Waals surface area contributed by atoms with Crippen molar-refractivity contribution in [2.24, 2.45) is 5.73 Å². The van der Waals surface area contributed by atoms with E-state index in [0.717, 1.165) is 23.0 Å². The molecule has 3 rings (SSSR count). The van der Waals surface area contributed by atoms with Gasteiger partial charge in [-0.05, 0) is 36.2 Å². The number of benzene rings is 2. The average molecular weight is 309 g/mol. The van der Waals surface area contributed by atoms with Gasteiger partial charge in [-0.2, -0.15) is 0 Å². The molecule has 0 fully saturated rings. The molecule has 1 amide bonds. The van der Waals surface area contributed by atoms with Crippen molar-refractivity contribution in [1.29, 1.82) is 0 Å². The van der Waals surface area contributed by atoms with E-state index < -0.39 is 5.91 Å². The van der Waals surface area contributed by atoms with Crippen molar-refractivity contribution in [3.8, 4) is 0 Å². The molecule has 0 aliphatic heterocycles. The molecular formula is C18H19N3O2. The lowest BCUT2D eigenvalue weighted by molar-refractivity contribution is 0.100. The topological polar surface area (TPSA) is 70.0 Å². The Morgan fingerprint density at radius 2 is 1.61 bits per heavy atom. The summed E-state index contributed by atoms with van der Waals surface area (Å²) in [5.74, 6) is -0.451. The third-order valence-electron chi connectivity index (χ3n) is 3.95. The van der Waals surface area contributed by atoms with Crippen molar-refractivity contribution < 1.29 is 4.79 Å². The molecule has 3 aromatic rings. The zero-order valence-electron chi connectivity index (χ0n) is 13.0. The minimum Gasteiger partial charge on any atom is -0.366 e. The maximum absolute atomic E-state index is 12.7. The number of carbonyl (C=O) groups is 1. The highest BCUT2D eigenvalue weighted by Crippen LogP contribution is 2.15. The van der Waals surface area contributed by atoms with Gasteiger partial charge < -0.3 is 5.73 Å². The average Bonchev–Trinajstić information content (AvgIpc) is 2.82. The number of rotatable bonds is 5. The summed E-state index contributed by atoms with van der Waals surface area (Å²) in [6.07, 6.45) is 0.904. The van der Waals surface area contributed by atoms with Gasteiger partial charge in [0.1, 0.15) is 0 Å². The predicted molar refractivity (Wildman–Crippen MR) is 90.6 cm³/mol. The van der Waals surface area contributed by atoms with Gasteiger partial charge in [0, 0.05) is 12.1 Å². The second-order valence-corrected chi connectivity index (χ2v) is 5.57. The van der Waals surface area contributed by atoms with Crippen molar-refractivity contribution in [3.05, 3.63) is 70.1 Å². The van der Waals surface area contributed by atoms with Crippen molar-refractivity contribution in [2.45, 2.75) is 26.4 Å². The van der Waals surface area contributed by atoms with E-state index >= 15 is 0 Å². The minimum atomic E-state index is -0.451. The summed E-state index contributed by atoms with van der Waals surface area (Å²) < 4.78 is 3.58. The Labute approximate surface area is 134 Å². The van der Waals surface area contributed by atoms with Gasteiger partial charge in [-0.25, -0.2) is 4.79 Å². The van der Waals surface area contributed by atoms with E-state index in [0.29, 0.717) is 18.7 Å². The normalized spacial score (nSPS) is 11.0. The van der Waals surface area contributed by atoms with Crippen LogP contribution in [0.4, 0.5) is 0 Å². The Morgan fingerprint density at radius 1 is 1.00 bits per heavy atom. The molecule has 0 aliphatic carbocycles. The Bertz CT molecular complexity index is 904. The number of nitrogens with two attached hydrogens (primary N) is 1. The summed E-state index contributed by atoms with van der Waals surface area (Å²) in [4.78, 5) is 23.8. The van der Waals surface area contributed by atoms with E-state index in [4.69, 9.17) is 5.73 Å². The maximum Gasteiger partial charge on any atom is 0.329 e. The van der Waals surface area contributed by atoms with E-state index in [-0.39, 0.29) is 5.69 Å². The first-order valence-electron chi connectivity index (χ1n) is 7.68. The summed E-state index contributed by atoms with van der Waals surface area (Å²) in [6.45, 7) is 3.23. The summed E-state index contributed by atoms with van der Waals surface area (Å²) in [7, 11) is 0. The van der Waals surface area contributed by atoms with E-state index in [1.807, 2.05) is 41.0 Å². The van der Waals surface area contributed by atoms with Crippen molar-refractivity contribution in [1.82, 2.24) is 9.13 Å². The van der Waals surface area contributed by atoms with Crippen LogP contribution in [0.5, 0.6) is 0 Å². The smallest absolute Gasteiger partial charge is 0.329 e. The molecule has 0 spiro atoms. The second-order valence-electron chi connectivity index (χ2n) is 5.57. The quantitative estimate of drug-likeness (QED) is 0.786. The molecule has 0 saturated carbocycles. The van der Waals surface area contributed by atoms with Crippen LogP contribution in [0.25, 0.3) is 11.0 Å². The van der Waals surface area contributed by atoms with Gasteiger partial charge in [0.25, 0.3) is 0 Å². The number of aryl methyl sites for hydroxylation is 1. The highest BCUT2D eigenvalue weighted by atomic mass is 16.2. The van der Waals surface area contributed by atoms with Crippen LogP contribution in [0, 0.1) is 0 Å². The molecule has 0 unspecified atom stereocenters. The molecule has 0 atom stereocenters. The third-order valence-corrected chi connectivity index (χ3v) is 3.95. The number of nitrogens with zero attached hydrogens (tertiary/aromatic N) is 2. The molecule has 2 N–H and O–H groups in total. The number of carbonyl (C=O) groups excluding carboxylic acids is 1. The monoisotopic (exact) mass is 309 g/mol. The Balaban J connectivity index is 2.04. The summed E-state index contributed by atoms with van der Waals surface area (Å²) in [5, 5.41) is 0. The zero-order valence-corrected chi connectivity index (χ0v) is 13.0. The highest BCUT2D eigenvalue weighted by molar-refractivity contribution is 5.92. The first-order chi connectivity index (χ1) is 11.1. The Kier molecular flexibility index (Phi) is 4.02. The van der Waals surface area contributed by atoms with Crippen LogP contribution < -0.4 is 11.4 Å². The maximum atomic E-state index is 12.7. The Morgan fingerprint density at radius 3 is 2.17 bits per heavy atom. The lowest BCUT2D eigenvalue weighted by Crippen LogP contribution is -2.24. The molecule has 23 heavy (non-hydrogen) atoms. The predicted octanol–water partition coefficient (Wildman–Crippen LogP) is 2.36. The van der Waals surface area contributed by atoms with Crippen LogP contribution in [-0.4, -0.2) is 15.0 Å². The molecule has 118 valence electrons. The minimum absolute atomic E-state index is 0.00738. The molecule has 1 aromatic heterocycles. The molecule has 0 bridgehead atoms. The number of amides is 1. The zero-order chi connectivity index (χ0) is 16.4. The van der Waals surface area contributed by atoms with Gasteiger partial charge in [-0.1, -0.05) is 31.2 Å². The van der Waals surface area contributed by atoms with Crippen molar-refractivity contribution in [2.75, 3.05) is 0 Å². The van der Waals surface area contributed by atoms with Gasteiger partial charge in [0.05, 0.1) is 17.6 Å². The number of imidazole rings is 1. The van der Waals surface area contributed by atoms with E-state index in [1.165, 1.54) is 0 Å². The molecule has 0 radical (unpaired) electrons. The van der Waals surface area contributed by atoms with Crippen LogP contribution in [0.3, 0.4) is 0 Å². The fraction of sp³-hybridized carbons (Fsp3) is 0.222. The second kappa shape index (κ2) is 6.12. The van der Waals surface area contributed by atoms with Crippen LogP contribution >= 0.6 is 0 Å². The fourth-order valence-electron chi connectivity index (χ4n) is 2.82. The van der Waals surface area contributed by atoms with E-state index in [9.17, 15) is 9.59 Å². The lowest BCUT2D eigenvalue weighted by Gasteiger charge is -2.04. The molecular weight excluding hydrogens is 290 g/mol. The SMILES string of the molecule is CCCn1c(=O)n(Cc2ccc(C(N)=O)cc2)c2ccccc21. The lowest BCUT2D eigenvalue weighted by atomic mass is 10.1. The summed E-state index contributed by atoms with van der Waals surface area (Å²) in [5.41, 5.74) is 8.54. The number of fused-ring (bicyclic) bond motifs is 1.